The minimum atomic E-state index is 0.126. The van der Waals surface area contributed by atoms with Crippen LogP contribution in [0.5, 0.6) is 0 Å². The maximum atomic E-state index is 6.43. The minimum Gasteiger partial charge on any atom is -0.337 e. The summed E-state index contributed by atoms with van der Waals surface area (Å²) in [5, 5.41) is 2.57. The number of halogens is 3. The maximum absolute atomic E-state index is 6.43. The fourth-order valence-corrected chi connectivity index (χ4v) is 7.67. The molecule has 0 amide bonds. The molecule has 1 aliphatic heterocycles. The summed E-state index contributed by atoms with van der Waals surface area (Å²) in [7, 11) is 0. The molecule has 24 heavy (non-hydrogen) atoms. The normalized spacial score (nSPS) is 23.8. The van der Waals surface area contributed by atoms with Gasteiger partial charge in [0.1, 0.15) is 0 Å². The number of benzene rings is 1. The Labute approximate surface area is 166 Å². The van der Waals surface area contributed by atoms with Gasteiger partial charge in [0.15, 0.2) is 0 Å². The number of rotatable bonds is 6. The minimum absolute atomic E-state index is 0.126. The largest absolute Gasteiger partial charge is 0.337 e. The van der Waals surface area contributed by atoms with Gasteiger partial charge in [-0.1, -0.05) is 41.7 Å². The fraction of sp³-hybridized carbons (Fsp3) is 0.471. The number of hydrogen-bond donors (Lipinski definition) is 0. The van der Waals surface area contributed by atoms with Crippen LogP contribution in [0, 0.1) is 0 Å². The van der Waals surface area contributed by atoms with Crippen LogP contribution >= 0.6 is 58.3 Å². The van der Waals surface area contributed by atoms with Crippen molar-refractivity contribution >= 4 is 58.3 Å². The van der Waals surface area contributed by atoms with Crippen molar-refractivity contribution in [2.24, 2.45) is 0 Å². The molecule has 2 aromatic rings. The maximum Gasteiger partial charge on any atom is 0.0945 e. The van der Waals surface area contributed by atoms with E-state index in [1.165, 1.54) is 5.75 Å². The van der Waals surface area contributed by atoms with Crippen molar-refractivity contribution in [2.75, 3.05) is 5.75 Å². The highest BCUT2D eigenvalue weighted by molar-refractivity contribution is 8.21. The first-order valence-corrected chi connectivity index (χ1v) is 10.9. The summed E-state index contributed by atoms with van der Waals surface area (Å²) in [6.45, 7) is 3.28. The molecule has 130 valence electrons. The summed E-state index contributed by atoms with van der Waals surface area (Å²) in [6.07, 6.45) is 8.79. The van der Waals surface area contributed by atoms with Crippen LogP contribution < -0.4 is 0 Å². The van der Waals surface area contributed by atoms with E-state index in [0.717, 1.165) is 31.4 Å². The Balaban J connectivity index is 1.74. The molecule has 1 aromatic carbocycles. The molecule has 0 radical (unpaired) electrons. The van der Waals surface area contributed by atoms with Crippen molar-refractivity contribution in [1.82, 2.24) is 9.55 Å². The molecular weight excluding hydrogens is 403 g/mol. The Bertz CT molecular complexity index is 670. The van der Waals surface area contributed by atoms with E-state index in [4.69, 9.17) is 34.8 Å². The lowest BCUT2D eigenvalue weighted by Gasteiger charge is -2.29. The van der Waals surface area contributed by atoms with Crippen LogP contribution in [0.1, 0.15) is 25.3 Å². The third kappa shape index (κ3) is 4.59. The Hall–Kier alpha value is -0.0000000000000000555. The summed E-state index contributed by atoms with van der Waals surface area (Å²) in [6, 6.07) is 3.58. The Morgan fingerprint density at radius 2 is 2.04 bits per heavy atom. The van der Waals surface area contributed by atoms with Crippen molar-refractivity contribution < 1.29 is 0 Å². The van der Waals surface area contributed by atoms with Gasteiger partial charge in [0, 0.05) is 45.0 Å². The van der Waals surface area contributed by atoms with Crippen LogP contribution in [0.4, 0.5) is 0 Å². The molecule has 1 fully saturated rings. The number of imidazole rings is 1. The average Bonchev–Trinajstić information content (AvgIpc) is 3.14. The second-order valence-electron chi connectivity index (χ2n) is 6.08. The van der Waals surface area contributed by atoms with E-state index in [1.54, 1.807) is 12.1 Å². The van der Waals surface area contributed by atoms with Gasteiger partial charge in [0.05, 0.1) is 10.4 Å². The molecule has 1 aromatic heterocycles. The highest BCUT2D eigenvalue weighted by Crippen LogP contribution is 2.53. The third-order valence-electron chi connectivity index (χ3n) is 4.08. The summed E-state index contributed by atoms with van der Waals surface area (Å²) < 4.78 is 2.25. The highest BCUT2D eigenvalue weighted by atomic mass is 35.5. The zero-order valence-electron chi connectivity index (χ0n) is 13.3. The molecule has 2 heterocycles. The van der Waals surface area contributed by atoms with Gasteiger partial charge in [-0.05, 0) is 37.0 Å². The van der Waals surface area contributed by atoms with Crippen molar-refractivity contribution in [1.29, 1.82) is 0 Å². The number of hydrogen-bond acceptors (Lipinski definition) is 3. The molecule has 3 rings (SSSR count). The second-order valence-corrected chi connectivity index (χ2v) is 10.8. The number of nitrogens with zero attached hydrogens (tertiary/aromatic N) is 2. The van der Waals surface area contributed by atoms with Crippen LogP contribution in [-0.4, -0.2) is 24.6 Å². The van der Waals surface area contributed by atoms with E-state index in [9.17, 15) is 0 Å². The van der Waals surface area contributed by atoms with Crippen LogP contribution in [0.25, 0.3) is 0 Å². The number of aromatic nitrogens is 2. The van der Waals surface area contributed by atoms with E-state index in [1.807, 2.05) is 30.5 Å². The first-order chi connectivity index (χ1) is 11.5. The molecule has 2 nitrogen and oxygen atoms in total. The number of aryl methyl sites for hydroxylation is 1. The van der Waals surface area contributed by atoms with Gasteiger partial charge >= 0.3 is 0 Å². The molecular formula is C17H19Cl3N2S2. The van der Waals surface area contributed by atoms with Crippen molar-refractivity contribution in [3.05, 3.63) is 51.5 Å². The standard InChI is InChI=1S/C17H19Cl3N2S2/c1-12-10-23-17(24-12,3-2-5-22-6-4-21-11-22)9-14-15(19)7-13(18)8-16(14)20/h4,6-8,11-12H,2-3,5,9-10H2,1H3. The molecule has 2 unspecified atom stereocenters. The molecule has 0 spiro atoms. The van der Waals surface area contributed by atoms with Gasteiger partial charge in [-0.2, -0.15) is 0 Å². The molecule has 0 saturated carbocycles. The smallest absolute Gasteiger partial charge is 0.0945 e. The van der Waals surface area contributed by atoms with Gasteiger partial charge in [0.25, 0.3) is 0 Å². The summed E-state index contributed by atoms with van der Waals surface area (Å²) in [5.74, 6) is 1.17. The lowest BCUT2D eigenvalue weighted by Crippen LogP contribution is -2.22. The Morgan fingerprint density at radius 1 is 1.29 bits per heavy atom. The summed E-state index contributed by atoms with van der Waals surface area (Å²) >= 11 is 23.0. The molecule has 1 aliphatic rings. The first kappa shape index (κ1) is 18.8. The Kier molecular flexibility index (Phi) is 6.36. The topological polar surface area (TPSA) is 17.8 Å². The van der Waals surface area contributed by atoms with E-state index >= 15 is 0 Å². The molecule has 7 heteroatoms. The zero-order valence-corrected chi connectivity index (χ0v) is 17.2. The van der Waals surface area contributed by atoms with E-state index in [-0.39, 0.29) is 4.08 Å². The SMILES string of the molecule is CC1CSC(CCCn2ccnc2)(Cc2c(Cl)cc(Cl)cc2Cl)S1. The van der Waals surface area contributed by atoms with Crippen LogP contribution in [0.3, 0.4) is 0 Å². The highest BCUT2D eigenvalue weighted by Gasteiger charge is 2.39. The second kappa shape index (κ2) is 8.13. The monoisotopic (exact) mass is 420 g/mol. The summed E-state index contributed by atoms with van der Waals surface area (Å²) in [5.41, 5.74) is 1.01. The van der Waals surface area contributed by atoms with E-state index in [0.29, 0.717) is 20.3 Å². The van der Waals surface area contributed by atoms with Crippen molar-refractivity contribution in [3.8, 4) is 0 Å². The van der Waals surface area contributed by atoms with Gasteiger partial charge in [-0.25, -0.2) is 4.98 Å². The predicted octanol–water partition coefficient (Wildman–Crippen LogP) is 6.43. The molecule has 1 saturated heterocycles. The van der Waals surface area contributed by atoms with Crippen LogP contribution in [0.2, 0.25) is 15.1 Å². The van der Waals surface area contributed by atoms with E-state index < -0.39 is 0 Å². The lowest BCUT2D eigenvalue weighted by atomic mass is 10.1. The zero-order chi connectivity index (χ0) is 17.2. The van der Waals surface area contributed by atoms with Crippen LogP contribution in [-0.2, 0) is 13.0 Å². The fourth-order valence-electron chi connectivity index (χ4n) is 2.98. The summed E-state index contributed by atoms with van der Waals surface area (Å²) in [4.78, 5) is 4.11. The van der Waals surface area contributed by atoms with Gasteiger partial charge in [-0.3, -0.25) is 0 Å². The molecule has 0 aliphatic carbocycles. The lowest BCUT2D eigenvalue weighted by molar-refractivity contribution is 0.578. The van der Waals surface area contributed by atoms with E-state index in [2.05, 4.69) is 28.2 Å². The van der Waals surface area contributed by atoms with Gasteiger partial charge in [-0.15, -0.1) is 23.5 Å². The Morgan fingerprint density at radius 3 is 2.62 bits per heavy atom. The van der Waals surface area contributed by atoms with Crippen molar-refractivity contribution in [2.45, 2.75) is 42.1 Å². The van der Waals surface area contributed by atoms with Crippen LogP contribution in [0.15, 0.2) is 30.9 Å². The number of thioether (sulfide) groups is 2. The predicted molar refractivity (Wildman–Crippen MR) is 109 cm³/mol. The van der Waals surface area contributed by atoms with Crippen molar-refractivity contribution in [3.63, 3.8) is 0 Å². The molecule has 0 N–H and O–H groups in total. The van der Waals surface area contributed by atoms with Gasteiger partial charge in [0.2, 0.25) is 0 Å². The van der Waals surface area contributed by atoms with Gasteiger partial charge < -0.3 is 4.57 Å². The average molecular weight is 422 g/mol. The molecule has 0 bridgehead atoms. The quantitative estimate of drug-likeness (QED) is 0.535. The molecule has 2 atom stereocenters. The first-order valence-electron chi connectivity index (χ1n) is 7.88. The third-order valence-corrected chi connectivity index (χ3v) is 8.72.